The number of nitrogens with zero attached hydrogens (tertiary/aromatic N) is 5. The molecule has 2 aromatic heterocycles. The zero-order chi connectivity index (χ0) is 47.6. The quantitative estimate of drug-likeness (QED) is 0.0329. The van der Waals surface area contributed by atoms with Crippen LogP contribution in [-0.2, 0) is 46.5 Å². The molecule has 1 fully saturated rings. The maximum atomic E-state index is 13.2. The molecular formula is C44H64N7O12S+. The minimum atomic E-state index is -1.49. The van der Waals surface area contributed by atoms with Crippen LogP contribution in [0.2, 0.25) is 0 Å². The van der Waals surface area contributed by atoms with Gasteiger partial charge in [0.2, 0.25) is 11.9 Å². The molecule has 3 aromatic rings. The number of benzene rings is 1. The van der Waals surface area contributed by atoms with Gasteiger partial charge < -0.3 is 43.8 Å². The number of aromatic nitrogens is 3. The summed E-state index contributed by atoms with van der Waals surface area (Å²) in [5.41, 5.74) is -1.84. The van der Waals surface area contributed by atoms with Gasteiger partial charge in [-0.25, -0.2) is 29.0 Å². The van der Waals surface area contributed by atoms with Crippen molar-refractivity contribution < 1.29 is 62.3 Å². The Morgan fingerprint density at radius 2 is 1.50 bits per heavy atom. The first-order chi connectivity index (χ1) is 29.6. The van der Waals surface area contributed by atoms with E-state index in [1.54, 1.807) is 58.6 Å². The molecule has 3 amide bonds. The van der Waals surface area contributed by atoms with Crippen LogP contribution in [0.3, 0.4) is 0 Å². The number of anilines is 1. The fourth-order valence-electron chi connectivity index (χ4n) is 6.05. The summed E-state index contributed by atoms with van der Waals surface area (Å²) in [6.07, 6.45) is 2.44. The van der Waals surface area contributed by atoms with Gasteiger partial charge in [0.25, 0.3) is 6.10 Å². The van der Waals surface area contributed by atoms with Crippen LogP contribution < -0.4 is 20.1 Å². The van der Waals surface area contributed by atoms with E-state index in [0.717, 1.165) is 28.9 Å². The number of carbonyl (C=O) groups excluding carboxylic acids is 4. The number of carboxylic acids is 1. The minimum absolute atomic E-state index is 0.0631. The molecule has 0 spiro atoms. The van der Waals surface area contributed by atoms with E-state index in [-0.39, 0.29) is 29.4 Å². The Morgan fingerprint density at radius 3 is 2.11 bits per heavy atom. The van der Waals surface area contributed by atoms with E-state index in [4.69, 9.17) is 28.5 Å². The number of aryl methyl sites for hydroxylation is 1. The van der Waals surface area contributed by atoms with Gasteiger partial charge in [-0.3, -0.25) is 5.32 Å². The second-order valence-corrected chi connectivity index (χ2v) is 20.1. The fourth-order valence-corrected chi connectivity index (χ4v) is 6.73. The zero-order valence-electron chi connectivity index (χ0n) is 38.9. The van der Waals surface area contributed by atoms with Crippen LogP contribution in [-0.4, -0.2) is 110 Å². The third kappa shape index (κ3) is 17.3. The second kappa shape index (κ2) is 21.2. The summed E-state index contributed by atoms with van der Waals surface area (Å²) < 4.78 is 31.9. The van der Waals surface area contributed by atoms with E-state index in [1.807, 2.05) is 66.1 Å². The molecule has 3 heterocycles. The predicted molar refractivity (Wildman–Crippen MR) is 237 cm³/mol. The van der Waals surface area contributed by atoms with Crippen molar-refractivity contribution in [3.05, 3.63) is 47.7 Å². The summed E-state index contributed by atoms with van der Waals surface area (Å²) in [4.78, 5) is 74.1. The van der Waals surface area contributed by atoms with Crippen LogP contribution in [0, 0.1) is 5.92 Å². The number of ether oxygens (including phenoxy) is 5. The van der Waals surface area contributed by atoms with Crippen molar-refractivity contribution in [1.82, 2.24) is 19.9 Å². The molecule has 0 bridgehead atoms. The molecule has 352 valence electrons. The Balaban J connectivity index is 1.49. The minimum Gasteiger partial charge on any atom is -0.489 e. The molecule has 0 aliphatic carbocycles. The van der Waals surface area contributed by atoms with Crippen molar-refractivity contribution in [2.24, 2.45) is 11.1 Å². The van der Waals surface area contributed by atoms with E-state index < -0.39 is 58.3 Å². The number of thiazole rings is 1. The van der Waals surface area contributed by atoms with Gasteiger partial charge in [0.05, 0.1) is 18.3 Å². The number of nitrogens with one attached hydrogen (secondary N) is 2. The topological polar surface area (TPSA) is 222 Å². The summed E-state index contributed by atoms with van der Waals surface area (Å²) in [5, 5.41) is 20.4. The normalized spacial score (nSPS) is 15.2. The molecule has 64 heavy (non-hydrogen) atoms. The Kier molecular flexibility index (Phi) is 16.8. The third-order valence-electron chi connectivity index (χ3n) is 8.61. The number of aliphatic carboxylic acids is 1. The van der Waals surface area contributed by atoms with Gasteiger partial charge in [-0.2, -0.15) is 4.68 Å². The lowest BCUT2D eigenvalue weighted by molar-refractivity contribution is -0.780. The average molecular weight is 915 g/mol. The van der Waals surface area contributed by atoms with Gasteiger partial charge in [0, 0.05) is 30.9 Å². The maximum Gasteiger partial charge on any atom is 0.413 e. The Bertz CT molecular complexity index is 2120. The summed E-state index contributed by atoms with van der Waals surface area (Å²) in [5.74, 6) is -1.76. The lowest BCUT2D eigenvalue weighted by Crippen LogP contribution is -2.46. The molecular weight excluding hydrogens is 851 g/mol. The average Bonchev–Trinajstić information content (AvgIpc) is 3.90. The van der Waals surface area contributed by atoms with Crippen molar-refractivity contribution >= 4 is 52.4 Å². The highest BCUT2D eigenvalue weighted by Gasteiger charge is 2.34. The molecule has 0 radical (unpaired) electrons. The van der Waals surface area contributed by atoms with Crippen LogP contribution in [0.4, 0.5) is 19.5 Å². The van der Waals surface area contributed by atoms with E-state index in [0.29, 0.717) is 44.9 Å². The van der Waals surface area contributed by atoms with E-state index in [2.05, 4.69) is 30.1 Å². The number of oxime groups is 1. The first-order valence-electron chi connectivity index (χ1n) is 21.1. The number of esters is 1. The van der Waals surface area contributed by atoms with Crippen molar-refractivity contribution in [3.8, 4) is 16.9 Å². The molecule has 20 heteroatoms. The summed E-state index contributed by atoms with van der Waals surface area (Å²) in [6.45, 7) is 23.5. The van der Waals surface area contributed by atoms with Gasteiger partial charge in [0.1, 0.15) is 40.5 Å². The number of hydrogen-bond donors (Lipinski definition) is 3. The summed E-state index contributed by atoms with van der Waals surface area (Å²) >= 11 is 0.946. The molecule has 19 nitrogen and oxygen atoms in total. The number of rotatable bonds is 16. The number of alkyl carbamates (subject to hydrolysis) is 1. The van der Waals surface area contributed by atoms with Gasteiger partial charge in [-0.05, 0) is 114 Å². The SMILES string of the molecule is CC(C)(C)OC(=O)NCCCn1cc(-c2ccc(OC[C@H](O/N=C(\C(=O)O)c3csc(NC(=O)OC(C)(C)C)n3)C(=O)OC(C)(C)C)cc2)c[n+]1C[C@@H]1CCN(C(=O)OC(C)(C)C)C1. The maximum absolute atomic E-state index is 13.2. The van der Waals surface area contributed by atoms with Crippen molar-refractivity contribution in [2.75, 3.05) is 31.6 Å². The van der Waals surface area contributed by atoms with Gasteiger partial charge in [-0.15, -0.1) is 16.0 Å². The second-order valence-electron chi connectivity index (χ2n) is 19.2. The molecule has 1 aliphatic rings. The Labute approximate surface area is 378 Å². The number of hydrogen-bond acceptors (Lipinski definition) is 14. The van der Waals surface area contributed by atoms with Crippen molar-refractivity contribution in [2.45, 2.75) is 138 Å². The number of likely N-dealkylation sites (tertiary alicyclic amines) is 1. The lowest BCUT2D eigenvalue weighted by atomic mass is 10.1. The largest absolute Gasteiger partial charge is 0.489 e. The molecule has 3 N–H and O–H groups in total. The van der Waals surface area contributed by atoms with Crippen LogP contribution in [0.15, 0.2) is 47.2 Å². The van der Waals surface area contributed by atoms with Crippen LogP contribution in [0.25, 0.3) is 11.1 Å². The highest BCUT2D eigenvalue weighted by Crippen LogP contribution is 2.25. The molecule has 1 aliphatic heterocycles. The summed E-state index contributed by atoms with van der Waals surface area (Å²) in [7, 11) is 0. The van der Waals surface area contributed by atoms with E-state index in [1.165, 1.54) is 5.38 Å². The van der Waals surface area contributed by atoms with Crippen LogP contribution in [0.1, 0.15) is 102 Å². The zero-order valence-corrected chi connectivity index (χ0v) is 39.8. The van der Waals surface area contributed by atoms with Crippen molar-refractivity contribution in [3.63, 3.8) is 0 Å². The lowest BCUT2D eigenvalue weighted by Gasteiger charge is -2.24. The van der Waals surface area contributed by atoms with Gasteiger partial charge in [0.15, 0.2) is 11.7 Å². The highest BCUT2D eigenvalue weighted by atomic mass is 32.1. The summed E-state index contributed by atoms with van der Waals surface area (Å²) in [6, 6.07) is 7.17. The number of amides is 3. The Morgan fingerprint density at radius 1 is 0.875 bits per heavy atom. The molecule has 1 aromatic carbocycles. The molecule has 0 saturated carbocycles. The number of carboxylic acid groups (broad SMARTS) is 1. The molecule has 1 saturated heterocycles. The van der Waals surface area contributed by atoms with Gasteiger partial charge in [-0.1, -0.05) is 17.3 Å². The van der Waals surface area contributed by atoms with Gasteiger partial charge >= 0.3 is 30.2 Å². The van der Waals surface area contributed by atoms with Crippen LogP contribution in [0.5, 0.6) is 5.75 Å². The standard InChI is InChI=1S/C44H63N7O12S/c1-41(2,3)59-36(54)33(63-48-34(35(52)53)32-27-64-37(46-32)47-39(56)61-43(7,8)9)26-58-31-16-14-29(15-17-31)30-24-50(20-13-19-45-38(55)60-42(4,5)6)51(25-30)23-28-18-21-49(22-28)40(57)62-44(10,11)12/h14-17,24-25,27-28,33H,13,18-23,26H2,1-12H3,(H2-,45,46,47,52,53,55,56)/p+1/b48-34-/t28-,33+/m1/s1. The first kappa shape index (κ1) is 50.7. The smallest absolute Gasteiger partial charge is 0.413 e. The third-order valence-corrected chi connectivity index (χ3v) is 9.37. The first-order valence-corrected chi connectivity index (χ1v) is 21.9. The molecule has 0 unspecified atom stereocenters. The van der Waals surface area contributed by atoms with Crippen LogP contribution >= 0.6 is 11.3 Å². The van der Waals surface area contributed by atoms with Crippen molar-refractivity contribution in [1.29, 1.82) is 0 Å². The predicted octanol–water partition coefficient (Wildman–Crippen LogP) is 7.01. The Hall–Kier alpha value is -5.92. The highest BCUT2D eigenvalue weighted by molar-refractivity contribution is 7.14. The number of carbonyl (C=O) groups is 5. The van der Waals surface area contributed by atoms with E-state index in [9.17, 15) is 29.1 Å². The fraction of sp³-hybridized carbons (Fsp3) is 0.591. The molecule has 2 atom stereocenters. The monoisotopic (exact) mass is 914 g/mol. The molecule has 4 rings (SSSR count). The van der Waals surface area contributed by atoms with E-state index >= 15 is 0 Å².